The average molecular weight is 394 g/mol. The van der Waals surface area contributed by atoms with Crippen LogP contribution >= 0.6 is 0 Å². The minimum Gasteiger partial charge on any atom is -1.00 e. The van der Waals surface area contributed by atoms with Crippen molar-refractivity contribution in [1.29, 1.82) is 0 Å². The van der Waals surface area contributed by atoms with Crippen molar-refractivity contribution in [3.8, 4) is 0 Å². The normalized spacial score (nSPS) is 10.8. The number of nitrogens with one attached hydrogen (secondary N) is 1. The fourth-order valence-electron chi connectivity index (χ4n) is 2.79. The number of rotatable bonds is 5. The van der Waals surface area contributed by atoms with E-state index < -0.39 is 0 Å². The Kier molecular flexibility index (Phi) is 7.21. The van der Waals surface area contributed by atoms with Crippen LogP contribution in [0, 0.1) is 6.92 Å². The van der Waals surface area contributed by atoms with Crippen LogP contribution in [-0.4, -0.2) is 10.5 Å². The first-order valence-corrected chi connectivity index (χ1v) is 8.25. The number of carbonyl (C=O) groups is 1. The van der Waals surface area contributed by atoms with Gasteiger partial charge in [-0.15, -0.1) is 0 Å². The molecule has 0 saturated heterocycles. The van der Waals surface area contributed by atoms with Crippen molar-refractivity contribution < 1.29 is 26.3 Å². The third kappa shape index (κ3) is 4.47. The van der Waals surface area contributed by atoms with E-state index in [1.807, 2.05) is 35.5 Å². The summed E-state index contributed by atoms with van der Waals surface area (Å²) in [7, 11) is 1.98. The van der Waals surface area contributed by atoms with Crippen LogP contribution in [0.15, 0.2) is 30.6 Å². The molecule has 0 bridgehead atoms. The van der Waals surface area contributed by atoms with Crippen LogP contribution in [0.3, 0.4) is 0 Å². The zero-order valence-corrected chi connectivity index (χ0v) is 17.0. The first kappa shape index (κ1) is 20.4. The van der Waals surface area contributed by atoms with E-state index >= 15 is 0 Å². The molecule has 132 valence electrons. The number of para-hydroxylation sites is 1. The number of hydrogen-bond acceptors (Lipinski definition) is 1. The number of hydrogen-bond donors (Lipinski definition) is 1. The van der Waals surface area contributed by atoms with Gasteiger partial charge in [-0.05, 0) is 23.0 Å². The maximum atomic E-state index is 12.6. The minimum absolute atomic E-state index is 0. The van der Waals surface area contributed by atoms with Gasteiger partial charge in [-0.2, -0.15) is 0 Å². The minimum atomic E-state index is 0. The lowest BCUT2D eigenvalue weighted by Crippen LogP contribution is -3.00. The van der Waals surface area contributed by atoms with E-state index in [4.69, 9.17) is 0 Å². The predicted octanol–water partition coefficient (Wildman–Crippen LogP) is 0.511. The van der Waals surface area contributed by atoms with Crippen LogP contribution in [-0.2, 0) is 18.4 Å². The first-order valence-electron chi connectivity index (χ1n) is 8.25. The number of amides is 1. The summed E-state index contributed by atoms with van der Waals surface area (Å²) >= 11 is 0. The van der Waals surface area contributed by atoms with Crippen molar-refractivity contribution in [3.05, 3.63) is 47.5 Å². The van der Waals surface area contributed by atoms with Crippen molar-refractivity contribution in [2.45, 2.75) is 53.0 Å². The van der Waals surface area contributed by atoms with E-state index in [0.29, 0.717) is 18.4 Å². The molecule has 0 fully saturated rings. The molecule has 24 heavy (non-hydrogen) atoms. The van der Waals surface area contributed by atoms with Crippen molar-refractivity contribution in [2.75, 3.05) is 5.32 Å². The molecule has 5 heteroatoms. The van der Waals surface area contributed by atoms with Crippen molar-refractivity contribution in [1.82, 2.24) is 4.57 Å². The topological polar surface area (TPSA) is 37.9 Å². The zero-order valence-electron chi connectivity index (χ0n) is 15.4. The molecular formula is C19H28BrN3O. The predicted molar refractivity (Wildman–Crippen MR) is 93.6 cm³/mol. The molecule has 0 spiro atoms. The van der Waals surface area contributed by atoms with Gasteiger partial charge in [-0.3, -0.25) is 4.79 Å². The summed E-state index contributed by atoms with van der Waals surface area (Å²) in [5, 5.41) is 3.16. The fraction of sp³-hybridized carbons (Fsp3) is 0.474. The number of aromatic nitrogens is 2. The number of imidazole rings is 1. The zero-order chi connectivity index (χ0) is 17.1. The van der Waals surface area contributed by atoms with Gasteiger partial charge >= 0.3 is 0 Å². The summed E-state index contributed by atoms with van der Waals surface area (Å²) in [6, 6.07) is 6.29. The first-order chi connectivity index (χ1) is 10.8. The summed E-state index contributed by atoms with van der Waals surface area (Å²) in [5.74, 6) is 1.81. The number of carbonyl (C=O) groups excluding carboxylic acids is 1. The Balaban J connectivity index is 0.00000288. The lowest BCUT2D eigenvalue weighted by Gasteiger charge is -2.19. The van der Waals surface area contributed by atoms with Crippen LogP contribution < -0.4 is 26.9 Å². The number of halogens is 1. The molecule has 1 aromatic carbocycles. The summed E-state index contributed by atoms with van der Waals surface area (Å²) < 4.78 is 3.97. The van der Waals surface area contributed by atoms with Gasteiger partial charge in [-0.1, -0.05) is 45.9 Å². The van der Waals surface area contributed by atoms with E-state index in [9.17, 15) is 4.79 Å². The Morgan fingerprint density at radius 3 is 2.12 bits per heavy atom. The SMILES string of the molecule is Cc1n(CC(=O)Nc2c(C(C)C)cccc2C(C)C)cc[n+]1C.[Br-]. The van der Waals surface area contributed by atoms with Gasteiger partial charge in [0.1, 0.15) is 12.4 Å². The van der Waals surface area contributed by atoms with E-state index in [0.717, 1.165) is 11.5 Å². The second kappa shape index (κ2) is 8.47. The lowest BCUT2D eigenvalue weighted by molar-refractivity contribution is -0.677. The van der Waals surface area contributed by atoms with Crippen molar-refractivity contribution in [3.63, 3.8) is 0 Å². The van der Waals surface area contributed by atoms with E-state index in [1.54, 1.807) is 0 Å². The van der Waals surface area contributed by atoms with Crippen molar-refractivity contribution >= 4 is 11.6 Å². The quantitative estimate of drug-likeness (QED) is 0.738. The molecule has 2 rings (SSSR count). The second-order valence-electron chi connectivity index (χ2n) is 6.75. The number of nitrogens with zero attached hydrogens (tertiary/aromatic N) is 2. The van der Waals surface area contributed by atoms with Crippen LogP contribution in [0.2, 0.25) is 0 Å². The van der Waals surface area contributed by atoms with Crippen LogP contribution in [0.1, 0.15) is 56.5 Å². The highest BCUT2D eigenvalue weighted by Crippen LogP contribution is 2.32. The molecule has 0 saturated carbocycles. The highest BCUT2D eigenvalue weighted by atomic mass is 79.9. The van der Waals surface area contributed by atoms with Gasteiger partial charge in [0, 0.05) is 12.6 Å². The van der Waals surface area contributed by atoms with Gasteiger partial charge in [0.15, 0.2) is 6.54 Å². The Labute approximate surface area is 155 Å². The maximum absolute atomic E-state index is 12.6. The van der Waals surface area contributed by atoms with Crippen LogP contribution in [0.5, 0.6) is 0 Å². The molecule has 0 atom stereocenters. The smallest absolute Gasteiger partial charge is 0.266 e. The van der Waals surface area contributed by atoms with Gasteiger partial charge in [0.2, 0.25) is 0 Å². The standard InChI is InChI=1S/C19H27N3O.BrH/c1-13(2)16-8-7-9-17(14(3)4)19(16)20-18(23)12-22-11-10-21(6)15(22)5;/h7-11,13-14H,12H2,1-6H3;1H. The van der Waals surface area contributed by atoms with Gasteiger partial charge in [0.05, 0.1) is 7.05 Å². The molecule has 0 radical (unpaired) electrons. The number of benzene rings is 1. The summed E-state index contributed by atoms with van der Waals surface area (Å²) in [4.78, 5) is 12.6. The highest BCUT2D eigenvalue weighted by molar-refractivity contribution is 5.92. The Morgan fingerprint density at radius 1 is 1.17 bits per heavy atom. The molecular weight excluding hydrogens is 366 g/mol. The molecule has 1 heterocycles. The lowest BCUT2D eigenvalue weighted by atomic mass is 9.92. The monoisotopic (exact) mass is 393 g/mol. The molecule has 0 aliphatic rings. The van der Waals surface area contributed by atoms with Crippen LogP contribution in [0.4, 0.5) is 5.69 Å². The van der Waals surface area contributed by atoms with E-state index in [2.05, 4.69) is 51.2 Å². The molecule has 0 unspecified atom stereocenters. The maximum Gasteiger partial charge on any atom is 0.266 e. The average Bonchev–Trinajstić information content (AvgIpc) is 2.79. The molecule has 1 aromatic heterocycles. The van der Waals surface area contributed by atoms with E-state index in [1.165, 1.54) is 11.1 Å². The van der Waals surface area contributed by atoms with Crippen molar-refractivity contribution in [2.24, 2.45) is 7.05 Å². The Hall–Kier alpha value is -1.62. The van der Waals surface area contributed by atoms with E-state index in [-0.39, 0.29) is 22.9 Å². The molecule has 0 aliphatic heterocycles. The Morgan fingerprint density at radius 2 is 1.71 bits per heavy atom. The number of aryl methyl sites for hydroxylation is 1. The third-order valence-corrected chi connectivity index (χ3v) is 4.35. The van der Waals surface area contributed by atoms with Gasteiger partial charge < -0.3 is 22.3 Å². The van der Waals surface area contributed by atoms with Crippen LogP contribution in [0.25, 0.3) is 0 Å². The van der Waals surface area contributed by atoms with Gasteiger partial charge in [0.25, 0.3) is 11.7 Å². The molecule has 4 nitrogen and oxygen atoms in total. The van der Waals surface area contributed by atoms with Gasteiger partial charge in [-0.25, -0.2) is 9.13 Å². The Bertz CT molecular complexity index is 678. The second-order valence-corrected chi connectivity index (χ2v) is 6.75. The summed E-state index contributed by atoms with van der Waals surface area (Å²) in [6.45, 7) is 11.0. The fourth-order valence-corrected chi connectivity index (χ4v) is 2.79. The molecule has 1 amide bonds. The highest BCUT2D eigenvalue weighted by Gasteiger charge is 2.18. The summed E-state index contributed by atoms with van der Waals surface area (Å²) in [6.07, 6.45) is 3.90. The molecule has 0 aliphatic carbocycles. The third-order valence-electron chi connectivity index (χ3n) is 4.35. The number of anilines is 1. The molecule has 2 aromatic rings. The largest absolute Gasteiger partial charge is 1.00 e. The molecule has 1 N–H and O–H groups in total. The summed E-state index contributed by atoms with van der Waals surface area (Å²) in [5.41, 5.74) is 3.37.